The first-order chi connectivity index (χ1) is 8.75. The van der Waals surface area contributed by atoms with Gasteiger partial charge in [-0.15, -0.1) is 0 Å². The largest absolute Gasteiger partial charge is 0.417 e. The molecule has 0 aromatic heterocycles. The number of benzene rings is 1. The summed E-state index contributed by atoms with van der Waals surface area (Å²) in [6.45, 7) is 2.21. The molecule has 1 rings (SSSR count). The lowest BCUT2D eigenvalue weighted by atomic mass is 10.1. The van der Waals surface area contributed by atoms with Gasteiger partial charge in [-0.1, -0.05) is 12.2 Å². The molecular formula is C12H15F3N2OS. The Kier molecular flexibility index (Phi) is 5.13. The normalized spacial score (nSPS) is 13.1. The van der Waals surface area contributed by atoms with Crippen molar-refractivity contribution in [2.75, 3.05) is 19.0 Å². The molecule has 0 radical (unpaired) electrons. The van der Waals surface area contributed by atoms with Crippen LogP contribution in [0.4, 0.5) is 18.9 Å². The van der Waals surface area contributed by atoms with Gasteiger partial charge in [-0.3, -0.25) is 0 Å². The van der Waals surface area contributed by atoms with E-state index in [1.807, 2.05) is 0 Å². The van der Waals surface area contributed by atoms with Crippen LogP contribution >= 0.6 is 12.2 Å². The van der Waals surface area contributed by atoms with E-state index in [4.69, 9.17) is 10.5 Å². The van der Waals surface area contributed by atoms with Gasteiger partial charge in [0.1, 0.15) is 4.99 Å². The van der Waals surface area contributed by atoms with Crippen molar-refractivity contribution < 1.29 is 17.9 Å². The second-order valence-electron chi connectivity index (χ2n) is 4.05. The van der Waals surface area contributed by atoms with Crippen LogP contribution in [-0.2, 0) is 10.9 Å². The zero-order chi connectivity index (χ0) is 14.6. The van der Waals surface area contributed by atoms with Crippen LogP contribution in [0.5, 0.6) is 0 Å². The molecule has 1 aromatic carbocycles. The highest BCUT2D eigenvalue weighted by Gasteiger charge is 2.34. The minimum Gasteiger partial charge on any atom is -0.389 e. The zero-order valence-corrected chi connectivity index (χ0v) is 11.4. The summed E-state index contributed by atoms with van der Waals surface area (Å²) < 4.78 is 43.7. The lowest BCUT2D eigenvalue weighted by Crippen LogP contribution is -2.20. The summed E-state index contributed by atoms with van der Waals surface area (Å²) in [6, 6.07) is 3.77. The van der Waals surface area contributed by atoms with Gasteiger partial charge in [-0.05, 0) is 25.1 Å². The van der Waals surface area contributed by atoms with Crippen molar-refractivity contribution in [3.63, 3.8) is 0 Å². The SMILES string of the molecule is COC(C)CNc1ccc(C(N)=S)c(C(F)(F)F)c1. The van der Waals surface area contributed by atoms with Crippen LogP contribution in [-0.4, -0.2) is 24.7 Å². The summed E-state index contributed by atoms with van der Waals surface area (Å²) in [6.07, 6.45) is -4.60. The van der Waals surface area contributed by atoms with Crippen LogP contribution in [0.3, 0.4) is 0 Å². The van der Waals surface area contributed by atoms with Gasteiger partial charge in [0.2, 0.25) is 0 Å². The van der Waals surface area contributed by atoms with E-state index in [-0.39, 0.29) is 16.7 Å². The molecule has 1 atom stereocenters. The number of halogens is 3. The maximum atomic E-state index is 12.9. The molecule has 0 bridgehead atoms. The Hall–Kier alpha value is -1.34. The van der Waals surface area contributed by atoms with Crippen LogP contribution in [0.15, 0.2) is 18.2 Å². The van der Waals surface area contributed by atoms with Gasteiger partial charge in [0.05, 0.1) is 11.7 Å². The summed E-state index contributed by atoms with van der Waals surface area (Å²) >= 11 is 4.62. The van der Waals surface area contributed by atoms with Crippen LogP contribution in [0.25, 0.3) is 0 Å². The number of nitrogens with two attached hydrogens (primary N) is 1. The van der Waals surface area contributed by atoms with E-state index in [9.17, 15) is 13.2 Å². The Bertz CT molecular complexity index is 463. The summed E-state index contributed by atoms with van der Waals surface area (Å²) in [5.74, 6) is 0. The molecule has 0 aliphatic carbocycles. The highest BCUT2D eigenvalue weighted by molar-refractivity contribution is 7.80. The van der Waals surface area contributed by atoms with Crippen molar-refractivity contribution in [3.8, 4) is 0 Å². The number of thiocarbonyl (C=S) groups is 1. The zero-order valence-electron chi connectivity index (χ0n) is 10.5. The Balaban J connectivity index is 3.02. The Morgan fingerprint density at radius 2 is 2.11 bits per heavy atom. The van der Waals surface area contributed by atoms with Gasteiger partial charge in [0.25, 0.3) is 0 Å². The fraction of sp³-hybridized carbons (Fsp3) is 0.417. The van der Waals surface area contributed by atoms with Crippen LogP contribution < -0.4 is 11.1 Å². The fourth-order valence-electron chi connectivity index (χ4n) is 1.45. The highest BCUT2D eigenvalue weighted by Crippen LogP contribution is 2.33. The second kappa shape index (κ2) is 6.21. The Morgan fingerprint density at radius 1 is 1.47 bits per heavy atom. The van der Waals surface area contributed by atoms with Gasteiger partial charge < -0.3 is 15.8 Å². The third-order valence-electron chi connectivity index (χ3n) is 2.59. The molecule has 1 aromatic rings. The van der Waals surface area contributed by atoms with E-state index in [0.29, 0.717) is 12.2 Å². The molecule has 0 spiro atoms. The van der Waals surface area contributed by atoms with Crippen molar-refractivity contribution in [2.24, 2.45) is 5.73 Å². The van der Waals surface area contributed by atoms with E-state index < -0.39 is 11.7 Å². The summed E-state index contributed by atoms with van der Waals surface area (Å²) in [4.78, 5) is -0.274. The number of hydrogen-bond donors (Lipinski definition) is 2. The van der Waals surface area contributed by atoms with E-state index in [2.05, 4.69) is 17.5 Å². The molecule has 0 saturated carbocycles. The fourth-order valence-corrected chi connectivity index (χ4v) is 1.63. The van der Waals surface area contributed by atoms with Crippen molar-refractivity contribution >= 4 is 22.9 Å². The van der Waals surface area contributed by atoms with Gasteiger partial charge in [0.15, 0.2) is 0 Å². The van der Waals surface area contributed by atoms with Gasteiger partial charge in [-0.25, -0.2) is 0 Å². The lowest BCUT2D eigenvalue weighted by molar-refractivity contribution is -0.137. The van der Waals surface area contributed by atoms with E-state index >= 15 is 0 Å². The van der Waals surface area contributed by atoms with Gasteiger partial charge in [0, 0.05) is 24.9 Å². The van der Waals surface area contributed by atoms with Crippen LogP contribution in [0.1, 0.15) is 18.1 Å². The third-order valence-corrected chi connectivity index (χ3v) is 2.81. The average Bonchev–Trinajstić information content (AvgIpc) is 2.34. The van der Waals surface area contributed by atoms with Crippen LogP contribution in [0.2, 0.25) is 0 Å². The summed E-state index contributed by atoms with van der Waals surface area (Å²) in [5, 5.41) is 2.86. The van der Waals surface area contributed by atoms with Crippen molar-refractivity contribution in [1.82, 2.24) is 0 Å². The molecule has 0 saturated heterocycles. The number of alkyl halides is 3. The molecule has 0 aliphatic rings. The predicted molar refractivity (Wildman–Crippen MR) is 72.3 cm³/mol. The first kappa shape index (κ1) is 15.7. The maximum absolute atomic E-state index is 12.9. The minimum absolute atomic E-state index is 0.107. The van der Waals surface area contributed by atoms with E-state index in [1.165, 1.54) is 19.2 Å². The third kappa shape index (κ3) is 4.36. The number of nitrogens with one attached hydrogen (secondary N) is 1. The molecule has 19 heavy (non-hydrogen) atoms. The summed E-state index contributed by atoms with van der Waals surface area (Å²) in [7, 11) is 1.53. The van der Waals surface area contributed by atoms with Crippen molar-refractivity contribution in [3.05, 3.63) is 29.3 Å². The molecule has 7 heteroatoms. The first-order valence-corrected chi connectivity index (χ1v) is 5.94. The van der Waals surface area contributed by atoms with Gasteiger partial charge in [-0.2, -0.15) is 13.2 Å². The minimum atomic E-state index is -4.50. The smallest absolute Gasteiger partial charge is 0.389 e. The lowest BCUT2D eigenvalue weighted by Gasteiger charge is -2.16. The molecule has 0 aliphatic heterocycles. The Labute approximate surface area is 114 Å². The molecule has 1 unspecified atom stereocenters. The molecule has 3 nitrogen and oxygen atoms in total. The van der Waals surface area contributed by atoms with E-state index in [1.54, 1.807) is 6.92 Å². The van der Waals surface area contributed by atoms with Crippen molar-refractivity contribution in [2.45, 2.75) is 19.2 Å². The summed E-state index contributed by atoms with van der Waals surface area (Å²) in [5.41, 5.74) is 4.63. The number of rotatable bonds is 5. The van der Waals surface area contributed by atoms with Crippen LogP contribution in [0, 0.1) is 0 Å². The molecule has 0 fully saturated rings. The average molecular weight is 292 g/mol. The monoisotopic (exact) mass is 292 g/mol. The second-order valence-corrected chi connectivity index (χ2v) is 4.49. The molecular weight excluding hydrogens is 277 g/mol. The first-order valence-electron chi connectivity index (χ1n) is 5.53. The number of anilines is 1. The quantitative estimate of drug-likeness (QED) is 0.819. The molecule has 106 valence electrons. The molecule has 0 amide bonds. The molecule has 0 heterocycles. The predicted octanol–water partition coefficient (Wildman–Crippen LogP) is 2.79. The standard InChI is InChI=1S/C12H15F3N2OS/c1-7(18-2)6-17-8-3-4-9(11(16)19)10(5-8)12(13,14)15/h3-5,7,17H,6H2,1-2H3,(H2,16,19). The Morgan fingerprint density at radius 3 is 2.58 bits per heavy atom. The topological polar surface area (TPSA) is 47.3 Å². The van der Waals surface area contributed by atoms with E-state index in [0.717, 1.165) is 6.07 Å². The molecule has 3 N–H and O–H groups in total. The maximum Gasteiger partial charge on any atom is 0.417 e. The number of hydrogen-bond acceptors (Lipinski definition) is 3. The number of methoxy groups -OCH3 is 1. The van der Waals surface area contributed by atoms with Gasteiger partial charge >= 0.3 is 6.18 Å². The highest BCUT2D eigenvalue weighted by atomic mass is 32.1. The number of ether oxygens (including phenoxy) is 1. The van der Waals surface area contributed by atoms with Crippen molar-refractivity contribution in [1.29, 1.82) is 0 Å².